The van der Waals surface area contributed by atoms with Gasteiger partial charge in [-0.1, -0.05) is 0 Å². The van der Waals surface area contributed by atoms with Gasteiger partial charge in [-0.05, 0) is 49.2 Å². The number of hydrogen-bond donors (Lipinski definition) is 1. The highest BCUT2D eigenvalue weighted by atomic mass is 16.6. The van der Waals surface area contributed by atoms with Crippen LogP contribution in [0, 0.1) is 0 Å². The molecule has 0 aliphatic carbocycles. The summed E-state index contributed by atoms with van der Waals surface area (Å²) in [6.07, 6.45) is 1.79. The maximum atomic E-state index is 12.5. The van der Waals surface area contributed by atoms with Crippen molar-refractivity contribution in [3.8, 4) is 11.5 Å². The minimum absolute atomic E-state index is 0.0562. The molecule has 2 aromatic rings. The zero-order chi connectivity index (χ0) is 20.7. The SMILES string of the molecule is O=C(COC(=O)c1ccc2c(c1)NC(=O)[C@H]1CCCN21)c1ccc2c(c1)OCCO2. The number of hydrogen-bond acceptors (Lipinski definition) is 7. The molecular weight excluding hydrogens is 388 g/mol. The van der Waals surface area contributed by atoms with Crippen LogP contribution in [0.4, 0.5) is 11.4 Å². The van der Waals surface area contributed by atoms with Crippen molar-refractivity contribution in [2.24, 2.45) is 0 Å². The van der Waals surface area contributed by atoms with Gasteiger partial charge in [0.1, 0.15) is 19.3 Å². The fourth-order valence-corrected chi connectivity index (χ4v) is 4.07. The van der Waals surface area contributed by atoms with E-state index >= 15 is 0 Å². The van der Waals surface area contributed by atoms with Gasteiger partial charge >= 0.3 is 5.97 Å². The number of amides is 1. The lowest BCUT2D eigenvalue weighted by atomic mass is 10.1. The molecule has 3 heterocycles. The Kier molecular flexibility index (Phi) is 4.54. The number of esters is 1. The molecule has 8 heteroatoms. The topological polar surface area (TPSA) is 94.2 Å². The highest BCUT2D eigenvalue weighted by Crippen LogP contribution is 2.37. The monoisotopic (exact) mass is 408 g/mol. The van der Waals surface area contributed by atoms with Crippen molar-refractivity contribution in [1.82, 2.24) is 0 Å². The quantitative estimate of drug-likeness (QED) is 0.613. The summed E-state index contributed by atoms with van der Waals surface area (Å²) in [4.78, 5) is 39.2. The van der Waals surface area contributed by atoms with Gasteiger partial charge in [0.05, 0.1) is 16.9 Å². The van der Waals surface area contributed by atoms with Crippen LogP contribution in [-0.4, -0.2) is 50.1 Å². The number of anilines is 2. The lowest BCUT2D eigenvalue weighted by Crippen LogP contribution is -2.43. The standard InChI is InChI=1S/C22H20N2O6/c25-18(13-4-6-19-20(11-13)29-9-8-28-19)12-30-22(27)14-3-5-16-15(10-14)23-21(26)17-2-1-7-24(16)17/h3-6,10-11,17H,1-2,7-9,12H2,(H,23,26)/t17-/m1/s1. The Balaban J connectivity index is 1.26. The van der Waals surface area contributed by atoms with Crippen molar-refractivity contribution in [2.45, 2.75) is 18.9 Å². The first-order valence-corrected chi connectivity index (χ1v) is 9.92. The summed E-state index contributed by atoms with van der Waals surface area (Å²) in [6.45, 7) is 1.32. The molecule has 0 aromatic heterocycles. The van der Waals surface area contributed by atoms with Gasteiger partial charge in [-0.25, -0.2) is 4.79 Å². The molecule has 1 atom stereocenters. The molecule has 1 N–H and O–H groups in total. The highest BCUT2D eigenvalue weighted by Gasteiger charge is 2.36. The number of carbonyl (C=O) groups is 3. The van der Waals surface area contributed by atoms with Crippen molar-refractivity contribution < 1.29 is 28.6 Å². The Morgan fingerprint density at radius 1 is 1.07 bits per heavy atom. The third-order valence-electron chi connectivity index (χ3n) is 5.55. The second-order valence-corrected chi connectivity index (χ2v) is 7.43. The number of Topliss-reactive ketones (excluding diaryl/α,β-unsaturated/α-hetero) is 1. The average molecular weight is 408 g/mol. The smallest absolute Gasteiger partial charge is 0.338 e. The molecule has 0 unspecified atom stereocenters. The van der Waals surface area contributed by atoms with Crippen LogP contribution < -0.4 is 19.7 Å². The number of nitrogens with one attached hydrogen (secondary N) is 1. The number of ketones is 1. The van der Waals surface area contributed by atoms with Gasteiger partial charge in [0.25, 0.3) is 0 Å². The second kappa shape index (κ2) is 7.37. The highest BCUT2D eigenvalue weighted by molar-refractivity contribution is 6.06. The predicted molar refractivity (Wildman–Crippen MR) is 107 cm³/mol. The molecule has 0 radical (unpaired) electrons. The first kappa shape index (κ1) is 18.5. The maximum Gasteiger partial charge on any atom is 0.338 e. The molecule has 8 nitrogen and oxygen atoms in total. The first-order chi connectivity index (χ1) is 14.6. The molecule has 0 saturated carbocycles. The van der Waals surface area contributed by atoms with E-state index in [0.717, 1.165) is 25.1 Å². The zero-order valence-electron chi connectivity index (χ0n) is 16.2. The van der Waals surface area contributed by atoms with E-state index in [2.05, 4.69) is 10.2 Å². The minimum atomic E-state index is -0.624. The molecule has 0 bridgehead atoms. The normalized spacial score (nSPS) is 18.9. The molecule has 1 fully saturated rings. The van der Waals surface area contributed by atoms with E-state index in [0.29, 0.717) is 36.0 Å². The Bertz CT molecular complexity index is 1050. The van der Waals surface area contributed by atoms with E-state index < -0.39 is 12.6 Å². The molecule has 154 valence electrons. The Hall–Kier alpha value is -3.55. The van der Waals surface area contributed by atoms with Gasteiger partial charge in [0.15, 0.2) is 23.9 Å². The fourth-order valence-electron chi connectivity index (χ4n) is 4.07. The predicted octanol–water partition coefficient (Wildman–Crippen LogP) is 2.42. The van der Waals surface area contributed by atoms with E-state index in [-0.39, 0.29) is 23.3 Å². The van der Waals surface area contributed by atoms with Gasteiger partial charge in [-0.3, -0.25) is 9.59 Å². The molecule has 1 amide bonds. The summed E-state index contributed by atoms with van der Waals surface area (Å²) in [5, 5.41) is 2.87. The van der Waals surface area contributed by atoms with Crippen molar-refractivity contribution in [3.63, 3.8) is 0 Å². The van der Waals surface area contributed by atoms with Crippen molar-refractivity contribution in [2.75, 3.05) is 36.6 Å². The van der Waals surface area contributed by atoms with E-state index in [4.69, 9.17) is 14.2 Å². The molecular formula is C22H20N2O6. The first-order valence-electron chi connectivity index (χ1n) is 9.92. The van der Waals surface area contributed by atoms with Crippen molar-refractivity contribution in [1.29, 1.82) is 0 Å². The van der Waals surface area contributed by atoms with Crippen LogP contribution in [-0.2, 0) is 9.53 Å². The van der Waals surface area contributed by atoms with Crippen LogP contribution in [0.3, 0.4) is 0 Å². The van der Waals surface area contributed by atoms with Crippen LogP contribution in [0.25, 0.3) is 0 Å². The van der Waals surface area contributed by atoms with E-state index in [1.165, 1.54) is 0 Å². The fraction of sp³-hybridized carbons (Fsp3) is 0.318. The molecule has 5 rings (SSSR count). The minimum Gasteiger partial charge on any atom is -0.486 e. The Morgan fingerprint density at radius 3 is 2.73 bits per heavy atom. The molecule has 3 aliphatic rings. The van der Waals surface area contributed by atoms with Gasteiger partial charge in [-0.2, -0.15) is 0 Å². The average Bonchev–Trinajstić information content (AvgIpc) is 3.27. The van der Waals surface area contributed by atoms with Crippen molar-refractivity contribution >= 4 is 29.0 Å². The third kappa shape index (κ3) is 3.24. The number of nitrogens with zero attached hydrogens (tertiary/aromatic N) is 1. The van der Waals surface area contributed by atoms with E-state index in [1.54, 1.807) is 30.3 Å². The Labute approximate surface area is 172 Å². The van der Waals surface area contributed by atoms with Gasteiger partial charge in [-0.15, -0.1) is 0 Å². The molecule has 3 aliphatic heterocycles. The van der Waals surface area contributed by atoms with Crippen LogP contribution in [0.5, 0.6) is 11.5 Å². The van der Waals surface area contributed by atoms with Crippen molar-refractivity contribution in [3.05, 3.63) is 47.5 Å². The van der Waals surface area contributed by atoms with E-state index in [9.17, 15) is 14.4 Å². The number of benzene rings is 2. The van der Waals surface area contributed by atoms with Crippen LogP contribution in [0.15, 0.2) is 36.4 Å². The van der Waals surface area contributed by atoms with Crippen LogP contribution in [0.1, 0.15) is 33.6 Å². The van der Waals surface area contributed by atoms with Gasteiger partial charge in [0.2, 0.25) is 5.91 Å². The molecule has 0 spiro atoms. The summed E-state index contributed by atoms with van der Waals surface area (Å²) in [6, 6.07) is 9.80. The zero-order valence-corrected chi connectivity index (χ0v) is 16.2. The Morgan fingerprint density at radius 2 is 1.87 bits per heavy atom. The van der Waals surface area contributed by atoms with Crippen LogP contribution >= 0.6 is 0 Å². The second-order valence-electron chi connectivity index (χ2n) is 7.43. The number of fused-ring (bicyclic) bond motifs is 4. The maximum absolute atomic E-state index is 12.5. The molecule has 2 aromatic carbocycles. The number of carbonyl (C=O) groups excluding carboxylic acids is 3. The van der Waals surface area contributed by atoms with E-state index in [1.807, 2.05) is 6.07 Å². The largest absolute Gasteiger partial charge is 0.486 e. The number of rotatable bonds is 4. The summed E-state index contributed by atoms with van der Waals surface area (Å²) in [5.41, 5.74) is 2.15. The molecule has 30 heavy (non-hydrogen) atoms. The summed E-state index contributed by atoms with van der Waals surface area (Å²) in [5.74, 6) is 0.0718. The molecule has 1 saturated heterocycles. The van der Waals surface area contributed by atoms with Gasteiger partial charge < -0.3 is 24.4 Å². The summed E-state index contributed by atoms with van der Waals surface area (Å²) in [7, 11) is 0. The lowest BCUT2D eigenvalue weighted by Gasteiger charge is -2.33. The lowest BCUT2D eigenvalue weighted by molar-refractivity contribution is -0.117. The third-order valence-corrected chi connectivity index (χ3v) is 5.55. The van der Waals surface area contributed by atoms with Crippen LogP contribution in [0.2, 0.25) is 0 Å². The van der Waals surface area contributed by atoms with Gasteiger partial charge in [0, 0.05) is 12.1 Å². The number of ether oxygens (including phenoxy) is 3. The summed E-state index contributed by atoms with van der Waals surface area (Å²) >= 11 is 0. The summed E-state index contributed by atoms with van der Waals surface area (Å²) < 4.78 is 16.1.